The standard InChI is InChI=1S/C16H22FNOS/c1-20-15-5-3-13(4-6-15)18-10-14-9-11-8-12(17)2-7-16(11)19-14/h2,7-8,13-15,18H,3-6,9-10H2,1H3. The third kappa shape index (κ3) is 3.29. The van der Waals surface area contributed by atoms with Gasteiger partial charge < -0.3 is 10.1 Å². The van der Waals surface area contributed by atoms with Crippen LogP contribution in [0, 0.1) is 5.82 Å². The van der Waals surface area contributed by atoms with Crippen LogP contribution in [0.1, 0.15) is 31.2 Å². The molecule has 4 heteroatoms. The summed E-state index contributed by atoms with van der Waals surface area (Å²) in [4.78, 5) is 0. The molecule has 1 fully saturated rings. The molecular formula is C16H22FNOS. The van der Waals surface area contributed by atoms with Crippen LogP contribution in [0.4, 0.5) is 4.39 Å². The highest BCUT2D eigenvalue weighted by molar-refractivity contribution is 7.99. The van der Waals surface area contributed by atoms with E-state index in [0.29, 0.717) is 6.04 Å². The minimum atomic E-state index is -0.170. The van der Waals surface area contributed by atoms with Crippen molar-refractivity contribution >= 4 is 11.8 Å². The van der Waals surface area contributed by atoms with Crippen LogP contribution in [0.5, 0.6) is 5.75 Å². The van der Waals surface area contributed by atoms with E-state index in [1.165, 1.54) is 31.7 Å². The summed E-state index contributed by atoms with van der Waals surface area (Å²) in [5, 5.41) is 4.48. The van der Waals surface area contributed by atoms with Crippen molar-refractivity contribution in [3.05, 3.63) is 29.6 Å². The van der Waals surface area contributed by atoms with E-state index in [1.807, 2.05) is 11.8 Å². The van der Waals surface area contributed by atoms with Gasteiger partial charge in [0.25, 0.3) is 0 Å². The van der Waals surface area contributed by atoms with E-state index in [0.717, 1.165) is 29.5 Å². The minimum Gasteiger partial charge on any atom is -0.488 e. The number of halogens is 1. The molecule has 2 aliphatic rings. The Hall–Kier alpha value is -0.740. The molecule has 110 valence electrons. The fraction of sp³-hybridized carbons (Fsp3) is 0.625. The SMILES string of the molecule is CSC1CCC(NCC2Cc3cc(F)ccc3O2)CC1. The Balaban J connectivity index is 1.45. The normalized spacial score (nSPS) is 29.0. The van der Waals surface area contributed by atoms with Crippen molar-refractivity contribution in [2.75, 3.05) is 12.8 Å². The van der Waals surface area contributed by atoms with Crippen LogP contribution in [-0.2, 0) is 6.42 Å². The Bertz CT molecular complexity index is 460. The van der Waals surface area contributed by atoms with Crippen molar-refractivity contribution in [1.82, 2.24) is 5.32 Å². The van der Waals surface area contributed by atoms with E-state index in [-0.39, 0.29) is 11.9 Å². The van der Waals surface area contributed by atoms with E-state index < -0.39 is 0 Å². The average Bonchev–Trinajstić information content (AvgIpc) is 2.87. The molecule has 1 saturated carbocycles. The number of nitrogens with one attached hydrogen (secondary N) is 1. The molecule has 20 heavy (non-hydrogen) atoms. The molecule has 0 radical (unpaired) electrons. The maximum Gasteiger partial charge on any atom is 0.123 e. The van der Waals surface area contributed by atoms with Crippen molar-refractivity contribution in [3.63, 3.8) is 0 Å². The van der Waals surface area contributed by atoms with Gasteiger partial charge >= 0.3 is 0 Å². The lowest BCUT2D eigenvalue weighted by atomic mass is 9.95. The van der Waals surface area contributed by atoms with Crippen LogP contribution in [0.15, 0.2) is 18.2 Å². The van der Waals surface area contributed by atoms with E-state index in [2.05, 4.69) is 11.6 Å². The molecule has 1 aliphatic heterocycles. The van der Waals surface area contributed by atoms with Crippen LogP contribution in [0.2, 0.25) is 0 Å². The van der Waals surface area contributed by atoms with Crippen LogP contribution < -0.4 is 10.1 Å². The summed E-state index contributed by atoms with van der Waals surface area (Å²) in [6.07, 6.45) is 8.34. The summed E-state index contributed by atoms with van der Waals surface area (Å²) in [6.45, 7) is 0.866. The summed E-state index contributed by atoms with van der Waals surface area (Å²) in [6, 6.07) is 5.44. The van der Waals surface area contributed by atoms with Gasteiger partial charge in [-0.25, -0.2) is 4.39 Å². The molecule has 0 amide bonds. The predicted molar refractivity (Wildman–Crippen MR) is 82.1 cm³/mol. The first-order chi connectivity index (χ1) is 9.74. The Morgan fingerprint density at radius 2 is 2.10 bits per heavy atom. The van der Waals surface area contributed by atoms with Gasteiger partial charge in [0.15, 0.2) is 0 Å². The second-order valence-corrected chi connectivity index (χ2v) is 6.95. The topological polar surface area (TPSA) is 21.3 Å². The number of ether oxygens (including phenoxy) is 1. The summed E-state index contributed by atoms with van der Waals surface area (Å²) < 4.78 is 19.0. The zero-order valence-corrected chi connectivity index (χ0v) is 12.7. The second-order valence-electron chi connectivity index (χ2n) is 5.81. The number of fused-ring (bicyclic) bond motifs is 1. The van der Waals surface area contributed by atoms with Crippen LogP contribution >= 0.6 is 11.8 Å². The molecule has 1 aliphatic carbocycles. The largest absolute Gasteiger partial charge is 0.488 e. The summed E-state index contributed by atoms with van der Waals surface area (Å²) in [5.74, 6) is 0.681. The Labute approximate surface area is 124 Å². The van der Waals surface area contributed by atoms with Gasteiger partial charge in [0.05, 0.1) is 0 Å². The summed E-state index contributed by atoms with van der Waals surface area (Å²) >= 11 is 2.00. The molecular weight excluding hydrogens is 273 g/mol. The molecule has 1 aromatic rings. The van der Waals surface area contributed by atoms with Gasteiger partial charge in [0.1, 0.15) is 17.7 Å². The van der Waals surface area contributed by atoms with Gasteiger partial charge in [0.2, 0.25) is 0 Å². The van der Waals surface area contributed by atoms with Crippen molar-refractivity contribution in [2.45, 2.75) is 49.5 Å². The first kappa shape index (κ1) is 14.2. The van der Waals surface area contributed by atoms with Gasteiger partial charge in [-0.15, -0.1) is 0 Å². The van der Waals surface area contributed by atoms with Crippen molar-refractivity contribution in [3.8, 4) is 5.75 Å². The summed E-state index contributed by atoms with van der Waals surface area (Å²) in [5.41, 5.74) is 1.00. The molecule has 2 nitrogen and oxygen atoms in total. The molecule has 1 atom stereocenters. The molecule has 1 aromatic carbocycles. The quantitative estimate of drug-likeness (QED) is 0.920. The minimum absolute atomic E-state index is 0.157. The maximum absolute atomic E-state index is 13.2. The van der Waals surface area contributed by atoms with Gasteiger partial charge in [-0.1, -0.05) is 0 Å². The molecule has 1 heterocycles. The first-order valence-corrected chi connectivity index (χ1v) is 8.74. The molecule has 0 bridgehead atoms. The Morgan fingerprint density at radius 3 is 2.85 bits per heavy atom. The third-order valence-corrected chi connectivity index (χ3v) is 5.54. The molecule has 0 spiro atoms. The van der Waals surface area contributed by atoms with Crippen LogP contribution in [-0.4, -0.2) is 30.2 Å². The van der Waals surface area contributed by atoms with E-state index in [9.17, 15) is 4.39 Å². The zero-order valence-electron chi connectivity index (χ0n) is 11.9. The highest BCUT2D eigenvalue weighted by atomic mass is 32.2. The lowest BCUT2D eigenvalue weighted by Crippen LogP contribution is -2.39. The molecule has 3 rings (SSSR count). The van der Waals surface area contributed by atoms with Gasteiger partial charge in [0, 0.05) is 29.8 Å². The highest BCUT2D eigenvalue weighted by Crippen LogP contribution is 2.30. The first-order valence-electron chi connectivity index (χ1n) is 7.46. The number of hydrogen-bond donors (Lipinski definition) is 1. The second kappa shape index (κ2) is 6.35. The monoisotopic (exact) mass is 295 g/mol. The van der Waals surface area contributed by atoms with E-state index >= 15 is 0 Å². The van der Waals surface area contributed by atoms with Crippen molar-refractivity contribution in [1.29, 1.82) is 0 Å². The molecule has 1 unspecified atom stereocenters. The van der Waals surface area contributed by atoms with Gasteiger partial charge in [-0.3, -0.25) is 0 Å². The van der Waals surface area contributed by atoms with Crippen molar-refractivity contribution < 1.29 is 9.13 Å². The fourth-order valence-electron chi connectivity index (χ4n) is 3.20. The predicted octanol–water partition coefficient (Wildman–Crippen LogP) is 3.39. The smallest absolute Gasteiger partial charge is 0.123 e. The zero-order chi connectivity index (χ0) is 13.9. The highest BCUT2D eigenvalue weighted by Gasteiger charge is 2.25. The molecule has 0 saturated heterocycles. The van der Waals surface area contributed by atoms with E-state index in [4.69, 9.17) is 4.74 Å². The van der Waals surface area contributed by atoms with Gasteiger partial charge in [-0.2, -0.15) is 11.8 Å². The Kier molecular flexibility index (Phi) is 4.51. The number of hydrogen-bond acceptors (Lipinski definition) is 3. The lowest BCUT2D eigenvalue weighted by molar-refractivity contribution is 0.214. The average molecular weight is 295 g/mol. The summed E-state index contributed by atoms with van der Waals surface area (Å²) in [7, 11) is 0. The number of rotatable bonds is 4. The molecule has 0 aromatic heterocycles. The fourth-order valence-corrected chi connectivity index (χ4v) is 3.95. The molecule has 1 N–H and O–H groups in total. The number of thioether (sulfide) groups is 1. The van der Waals surface area contributed by atoms with Crippen molar-refractivity contribution in [2.24, 2.45) is 0 Å². The van der Waals surface area contributed by atoms with Crippen LogP contribution in [0.25, 0.3) is 0 Å². The lowest BCUT2D eigenvalue weighted by Gasteiger charge is -2.28. The Morgan fingerprint density at radius 1 is 1.30 bits per heavy atom. The maximum atomic E-state index is 13.2. The number of benzene rings is 1. The van der Waals surface area contributed by atoms with Gasteiger partial charge in [-0.05, 0) is 50.1 Å². The van der Waals surface area contributed by atoms with E-state index in [1.54, 1.807) is 12.1 Å². The van der Waals surface area contributed by atoms with Crippen LogP contribution in [0.3, 0.4) is 0 Å². The third-order valence-electron chi connectivity index (χ3n) is 4.41.